The molecular formula is C45H30N2. The lowest BCUT2D eigenvalue weighted by molar-refractivity contribution is 1.11. The molecule has 0 atom stereocenters. The maximum Gasteiger partial charge on any atom is 0.145 e. The Morgan fingerprint density at radius 2 is 0.830 bits per heavy atom. The highest BCUT2D eigenvalue weighted by Crippen LogP contribution is 2.45. The van der Waals surface area contributed by atoms with E-state index in [9.17, 15) is 0 Å². The summed E-state index contributed by atoms with van der Waals surface area (Å²) in [6.07, 6.45) is 0. The second-order valence-corrected chi connectivity index (χ2v) is 12.0. The SMILES string of the molecule is c1ccc(-c2ccc3c(-c4ccccc4)c4cc(-n5c(-c6ccccc6)nc6ccccc65)ccc4c(-c4ccccc4)c3c2)cc1. The zero-order valence-electron chi connectivity index (χ0n) is 25.7. The molecule has 0 unspecified atom stereocenters. The Kier molecular flexibility index (Phi) is 6.50. The molecule has 9 rings (SSSR count). The van der Waals surface area contributed by atoms with E-state index in [2.05, 4.69) is 187 Å². The summed E-state index contributed by atoms with van der Waals surface area (Å²) in [7, 11) is 0. The molecule has 0 bridgehead atoms. The summed E-state index contributed by atoms with van der Waals surface area (Å²) in [6.45, 7) is 0. The highest BCUT2D eigenvalue weighted by atomic mass is 15.1. The summed E-state index contributed by atoms with van der Waals surface area (Å²) in [5, 5.41) is 4.92. The third kappa shape index (κ3) is 4.62. The molecule has 0 aliphatic heterocycles. The van der Waals surface area contributed by atoms with Crippen molar-refractivity contribution < 1.29 is 0 Å². The fraction of sp³-hybridized carbons (Fsp3) is 0. The summed E-state index contributed by atoms with van der Waals surface area (Å²) in [5.41, 5.74) is 11.6. The highest BCUT2D eigenvalue weighted by Gasteiger charge is 2.20. The molecule has 1 heterocycles. The molecule has 8 aromatic carbocycles. The van der Waals surface area contributed by atoms with Gasteiger partial charge in [-0.15, -0.1) is 0 Å². The molecule has 0 amide bonds. The molecule has 1 aromatic heterocycles. The third-order valence-electron chi connectivity index (χ3n) is 9.18. The van der Waals surface area contributed by atoms with E-state index in [0.717, 1.165) is 28.1 Å². The maximum absolute atomic E-state index is 5.14. The summed E-state index contributed by atoms with van der Waals surface area (Å²) in [6, 6.07) is 65.1. The van der Waals surface area contributed by atoms with E-state index in [-0.39, 0.29) is 0 Å². The molecule has 0 saturated heterocycles. The van der Waals surface area contributed by atoms with Gasteiger partial charge in [0.2, 0.25) is 0 Å². The second-order valence-electron chi connectivity index (χ2n) is 12.0. The molecule has 0 saturated carbocycles. The predicted molar refractivity (Wildman–Crippen MR) is 198 cm³/mol. The molecule has 0 spiro atoms. The largest absolute Gasteiger partial charge is 0.292 e. The first kappa shape index (κ1) is 27.1. The van der Waals surface area contributed by atoms with E-state index in [1.54, 1.807) is 0 Å². The molecule has 0 fully saturated rings. The first-order valence-corrected chi connectivity index (χ1v) is 16.1. The molecule has 0 N–H and O–H groups in total. The van der Waals surface area contributed by atoms with Gasteiger partial charge in [-0.05, 0) is 85.3 Å². The van der Waals surface area contributed by atoms with E-state index in [1.165, 1.54) is 54.9 Å². The molecule has 2 heteroatoms. The van der Waals surface area contributed by atoms with Crippen LogP contribution < -0.4 is 0 Å². The number of hydrogen-bond donors (Lipinski definition) is 0. The van der Waals surface area contributed by atoms with Gasteiger partial charge in [0.1, 0.15) is 5.82 Å². The van der Waals surface area contributed by atoms with Gasteiger partial charge in [-0.25, -0.2) is 4.98 Å². The molecule has 0 aliphatic carbocycles. The Hall–Kier alpha value is -6.25. The standard InChI is InChI=1S/C45H30N2/c1-5-15-31(16-6-1)35-25-27-37-39(29-35)43(32-17-7-2-8-18-32)38-28-26-36(30-40(38)44(37)33-19-9-3-10-20-33)47-42-24-14-13-23-41(42)46-45(47)34-21-11-4-12-22-34/h1-30H. The zero-order valence-corrected chi connectivity index (χ0v) is 25.7. The summed E-state index contributed by atoms with van der Waals surface area (Å²) < 4.78 is 2.31. The van der Waals surface area contributed by atoms with Crippen LogP contribution in [-0.4, -0.2) is 9.55 Å². The Labute approximate surface area is 273 Å². The van der Waals surface area contributed by atoms with Crippen LogP contribution in [0.3, 0.4) is 0 Å². The van der Waals surface area contributed by atoms with E-state index in [0.29, 0.717) is 0 Å². The van der Waals surface area contributed by atoms with E-state index in [1.807, 2.05) is 0 Å². The number of nitrogens with zero attached hydrogens (tertiary/aromatic N) is 2. The van der Waals surface area contributed by atoms with Crippen molar-refractivity contribution in [2.24, 2.45) is 0 Å². The normalized spacial score (nSPS) is 11.4. The maximum atomic E-state index is 5.14. The number of benzene rings is 8. The second kappa shape index (κ2) is 11.3. The van der Waals surface area contributed by atoms with Crippen LogP contribution in [0, 0.1) is 0 Å². The lowest BCUT2D eigenvalue weighted by atomic mass is 9.84. The molecule has 0 radical (unpaired) electrons. The smallest absolute Gasteiger partial charge is 0.145 e. The molecule has 2 nitrogen and oxygen atoms in total. The van der Waals surface area contributed by atoms with Crippen LogP contribution in [0.2, 0.25) is 0 Å². The van der Waals surface area contributed by atoms with Crippen molar-refractivity contribution >= 4 is 32.6 Å². The van der Waals surface area contributed by atoms with E-state index < -0.39 is 0 Å². The zero-order chi connectivity index (χ0) is 31.2. The topological polar surface area (TPSA) is 17.8 Å². The third-order valence-corrected chi connectivity index (χ3v) is 9.18. The molecule has 220 valence electrons. The average Bonchev–Trinajstić information content (AvgIpc) is 3.54. The van der Waals surface area contributed by atoms with Crippen molar-refractivity contribution in [1.82, 2.24) is 9.55 Å². The van der Waals surface area contributed by atoms with Crippen LogP contribution in [0.15, 0.2) is 182 Å². The van der Waals surface area contributed by atoms with Gasteiger partial charge in [0.25, 0.3) is 0 Å². The van der Waals surface area contributed by atoms with Crippen molar-refractivity contribution in [3.05, 3.63) is 182 Å². The van der Waals surface area contributed by atoms with Crippen molar-refractivity contribution in [1.29, 1.82) is 0 Å². The lowest BCUT2D eigenvalue weighted by Gasteiger charge is -2.20. The van der Waals surface area contributed by atoms with Gasteiger partial charge in [-0.3, -0.25) is 4.57 Å². The minimum Gasteiger partial charge on any atom is -0.292 e. The van der Waals surface area contributed by atoms with Gasteiger partial charge in [0, 0.05) is 11.3 Å². The summed E-state index contributed by atoms with van der Waals surface area (Å²) >= 11 is 0. The van der Waals surface area contributed by atoms with Gasteiger partial charge in [-0.1, -0.05) is 152 Å². The Bertz CT molecular complexity index is 2530. The number of fused-ring (bicyclic) bond motifs is 3. The van der Waals surface area contributed by atoms with Gasteiger partial charge >= 0.3 is 0 Å². The van der Waals surface area contributed by atoms with E-state index >= 15 is 0 Å². The first-order valence-electron chi connectivity index (χ1n) is 16.1. The van der Waals surface area contributed by atoms with E-state index in [4.69, 9.17) is 4.98 Å². The molecule has 9 aromatic rings. The minimum absolute atomic E-state index is 0.934. The van der Waals surface area contributed by atoms with Crippen LogP contribution in [0.4, 0.5) is 0 Å². The van der Waals surface area contributed by atoms with Gasteiger partial charge < -0.3 is 0 Å². The van der Waals surface area contributed by atoms with Gasteiger partial charge in [0.05, 0.1) is 11.0 Å². The van der Waals surface area contributed by atoms with Crippen LogP contribution in [0.25, 0.3) is 83.0 Å². The van der Waals surface area contributed by atoms with Crippen molar-refractivity contribution in [3.8, 4) is 50.5 Å². The van der Waals surface area contributed by atoms with Gasteiger partial charge in [-0.2, -0.15) is 0 Å². The lowest BCUT2D eigenvalue weighted by Crippen LogP contribution is -1.99. The number of rotatable bonds is 5. The summed E-state index contributed by atoms with van der Waals surface area (Å²) in [4.78, 5) is 5.14. The quantitative estimate of drug-likeness (QED) is 0.180. The average molecular weight is 599 g/mol. The monoisotopic (exact) mass is 598 g/mol. The van der Waals surface area contributed by atoms with Gasteiger partial charge in [0.15, 0.2) is 0 Å². The van der Waals surface area contributed by atoms with Crippen LogP contribution in [-0.2, 0) is 0 Å². The molecule has 0 aliphatic rings. The number of hydrogen-bond acceptors (Lipinski definition) is 1. The van der Waals surface area contributed by atoms with Crippen molar-refractivity contribution in [2.75, 3.05) is 0 Å². The summed E-state index contributed by atoms with van der Waals surface area (Å²) in [5.74, 6) is 0.934. The fourth-order valence-corrected chi connectivity index (χ4v) is 7.07. The van der Waals surface area contributed by atoms with Crippen LogP contribution in [0.5, 0.6) is 0 Å². The van der Waals surface area contributed by atoms with Crippen LogP contribution in [0.1, 0.15) is 0 Å². The molecule has 47 heavy (non-hydrogen) atoms. The van der Waals surface area contributed by atoms with Crippen LogP contribution >= 0.6 is 0 Å². The fourth-order valence-electron chi connectivity index (χ4n) is 7.07. The minimum atomic E-state index is 0.934. The Morgan fingerprint density at radius 3 is 1.45 bits per heavy atom. The van der Waals surface area contributed by atoms with Crippen molar-refractivity contribution in [3.63, 3.8) is 0 Å². The number of para-hydroxylation sites is 2. The first-order chi connectivity index (χ1) is 23.3. The molecular weight excluding hydrogens is 569 g/mol. The Balaban J connectivity index is 1.42. The number of imidazole rings is 1. The number of aromatic nitrogens is 2. The van der Waals surface area contributed by atoms with Crippen molar-refractivity contribution in [2.45, 2.75) is 0 Å². The highest BCUT2D eigenvalue weighted by molar-refractivity contribution is 6.22. The Morgan fingerprint density at radius 1 is 0.340 bits per heavy atom. The predicted octanol–water partition coefficient (Wildman–Crippen LogP) is 12.0.